The van der Waals surface area contributed by atoms with Crippen molar-refractivity contribution in [2.45, 2.75) is 12.8 Å². The van der Waals surface area contributed by atoms with E-state index in [1.54, 1.807) is 0 Å². The molecule has 0 amide bonds. The maximum atomic E-state index is 13.6. The van der Waals surface area contributed by atoms with Crippen molar-refractivity contribution in [2.24, 2.45) is 11.7 Å². The molecule has 2 rings (SSSR count). The second-order valence-corrected chi connectivity index (χ2v) is 4.70. The fourth-order valence-corrected chi connectivity index (χ4v) is 2.20. The predicted molar refractivity (Wildman–Crippen MR) is 72.8 cm³/mol. The summed E-state index contributed by atoms with van der Waals surface area (Å²) in [7, 11) is 0. The van der Waals surface area contributed by atoms with E-state index in [-0.39, 0.29) is 11.5 Å². The SMILES string of the molecule is NCC(Cc1ccccc1)Cc1c(F)cccc1F. The second-order valence-electron chi connectivity index (χ2n) is 4.70. The van der Waals surface area contributed by atoms with Crippen LogP contribution in [0.15, 0.2) is 48.5 Å². The number of rotatable bonds is 5. The molecule has 0 heterocycles. The molecule has 2 N–H and O–H groups in total. The predicted octanol–water partition coefficient (Wildman–Crippen LogP) is 3.32. The first-order valence-corrected chi connectivity index (χ1v) is 6.37. The minimum Gasteiger partial charge on any atom is -0.330 e. The van der Waals surface area contributed by atoms with E-state index in [0.29, 0.717) is 13.0 Å². The Kier molecular flexibility index (Phi) is 4.63. The maximum Gasteiger partial charge on any atom is 0.129 e. The lowest BCUT2D eigenvalue weighted by molar-refractivity contribution is 0.485. The van der Waals surface area contributed by atoms with Gasteiger partial charge in [0.05, 0.1) is 0 Å². The summed E-state index contributed by atoms with van der Waals surface area (Å²) in [6, 6.07) is 13.8. The van der Waals surface area contributed by atoms with Crippen molar-refractivity contribution in [1.82, 2.24) is 0 Å². The average Bonchev–Trinajstić information content (AvgIpc) is 2.43. The van der Waals surface area contributed by atoms with Crippen LogP contribution in [0.5, 0.6) is 0 Å². The fraction of sp³-hybridized carbons (Fsp3) is 0.250. The lowest BCUT2D eigenvalue weighted by Gasteiger charge is -2.15. The van der Waals surface area contributed by atoms with Crippen LogP contribution in [0.3, 0.4) is 0 Å². The molecule has 0 radical (unpaired) electrons. The van der Waals surface area contributed by atoms with Gasteiger partial charge in [-0.25, -0.2) is 8.78 Å². The molecule has 2 aromatic carbocycles. The zero-order chi connectivity index (χ0) is 13.7. The highest BCUT2D eigenvalue weighted by Gasteiger charge is 2.15. The summed E-state index contributed by atoms with van der Waals surface area (Å²) in [5, 5.41) is 0. The van der Waals surface area contributed by atoms with Crippen molar-refractivity contribution in [1.29, 1.82) is 0 Å². The molecule has 1 unspecified atom stereocenters. The van der Waals surface area contributed by atoms with E-state index in [9.17, 15) is 8.78 Å². The van der Waals surface area contributed by atoms with E-state index in [4.69, 9.17) is 5.73 Å². The summed E-state index contributed by atoms with van der Waals surface area (Å²) >= 11 is 0. The van der Waals surface area contributed by atoms with E-state index < -0.39 is 11.6 Å². The van der Waals surface area contributed by atoms with Gasteiger partial charge in [0, 0.05) is 5.56 Å². The van der Waals surface area contributed by atoms with Crippen molar-refractivity contribution in [3.63, 3.8) is 0 Å². The number of benzene rings is 2. The smallest absolute Gasteiger partial charge is 0.129 e. The fourth-order valence-electron chi connectivity index (χ4n) is 2.20. The molecule has 1 nitrogen and oxygen atoms in total. The molecule has 0 spiro atoms. The molecule has 100 valence electrons. The Morgan fingerprint density at radius 3 is 2.05 bits per heavy atom. The Balaban J connectivity index is 2.11. The molecule has 3 heteroatoms. The van der Waals surface area contributed by atoms with Crippen molar-refractivity contribution in [2.75, 3.05) is 6.54 Å². The molecule has 0 bridgehead atoms. The van der Waals surface area contributed by atoms with Gasteiger partial charge < -0.3 is 5.73 Å². The van der Waals surface area contributed by atoms with E-state index >= 15 is 0 Å². The van der Waals surface area contributed by atoms with Crippen molar-refractivity contribution in [3.8, 4) is 0 Å². The summed E-state index contributed by atoms with van der Waals surface area (Å²) < 4.78 is 27.2. The molecule has 0 fully saturated rings. The standard InChI is InChI=1S/C16H17F2N/c17-15-7-4-8-16(18)14(15)10-13(11-19)9-12-5-2-1-3-6-12/h1-8,13H,9-11,19H2. The van der Waals surface area contributed by atoms with Gasteiger partial charge in [0.1, 0.15) is 11.6 Å². The van der Waals surface area contributed by atoms with E-state index in [2.05, 4.69) is 0 Å². The first-order valence-electron chi connectivity index (χ1n) is 6.37. The van der Waals surface area contributed by atoms with Gasteiger partial charge >= 0.3 is 0 Å². The Labute approximate surface area is 112 Å². The van der Waals surface area contributed by atoms with Crippen LogP contribution < -0.4 is 5.73 Å². The summed E-state index contributed by atoms with van der Waals surface area (Å²) in [6.45, 7) is 0.405. The van der Waals surface area contributed by atoms with Crippen LogP contribution in [0, 0.1) is 17.6 Å². The Bertz CT molecular complexity index is 505. The Hall–Kier alpha value is -1.74. The highest BCUT2D eigenvalue weighted by molar-refractivity contribution is 5.21. The monoisotopic (exact) mass is 261 g/mol. The van der Waals surface area contributed by atoms with Crippen molar-refractivity contribution >= 4 is 0 Å². The maximum absolute atomic E-state index is 13.6. The largest absolute Gasteiger partial charge is 0.330 e. The van der Waals surface area contributed by atoms with Crippen LogP contribution in [0.2, 0.25) is 0 Å². The first-order chi connectivity index (χ1) is 9.20. The lowest BCUT2D eigenvalue weighted by Crippen LogP contribution is -2.20. The molecule has 1 atom stereocenters. The molecular formula is C16H17F2N. The highest BCUT2D eigenvalue weighted by Crippen LogP contribution is 2.19. The summed E-state index contributed by atoms with van der Waals surface area (Å²) in [5.41, 5.74) is 6.99. The number of hydrogen-bond donors (Lipinski definition) is 1. The van der Waals surface area contributed by atoms with Gasteiger partial charge in [-0.1, -0.05) is 36.4 Å². The van der Waals surface area contributed by atoms with E-state index in [1.807, 2.05) is 30.3 Å². The van der Waals surface area contributed by atoms with Gasteiger partial charge in [0.2, 0.25) is 0 Å². The lowest BCUT2D eigenvalue weighted by atomic mass is 9.92. The van der Waals surface area contributed by atoms with Gasteiger partial charge in [0.25, 0.3) is 0 Å². The summed E-state index contributed by atoms with van der Waals surface area (Å²) in [4.78, 5) is 0. The minimum atomic E-state index is -0.494. The molecule has 0 saturated heterocycles. The Morgan fingerprint density at radius 2 is 1.47 bits per heavy atom. The topological polar surface area (TPSA) is 26.0 Å². The van der Waals surface area contributed by atoms with Crippen LogP contribution in [0.25, 0.3) is 0 Å². The quantitative estimate of drug-likeness (QED) is 0.877. The molecule has 0 aliphatic heterocycles. The van der Waals surface area contributed by atoms with Gasteiger partial charge in [-0.3, -0.25) is 0 Å². The molecule has 0 aliphatic carbocycles. The zero-order valence-corrected chi connectivity index (χ0v) is 10.7. The van der Waals surface area contributed by atoms with Crippen LogP contribution >= 0.6 is 0 Å². The van der Waals surface area contributed by atoms with Gasteiger partial charge in [-0.05, 0) is 43.0 Å². The van der Waals surface area contributed by atoms with E-state index in [0.717, 1.165) is 12.0 Å². The molecule has 0 saturated carbocycles. The number of nitrogens with two attached hydrogens (primary N) is 1. The van der Waals surface area contributed by atoms with Gasteiger partial charge in [-0.2, -0.15) is 0 Å². The third kappa shape index (κ3) is 3.61. The zero-order valence-electron chi connectivity index (χ0n) is 10.7. The van der Waals surface area contributed by atoms with Crippen LogP contribution in [-0.2, 0) is 12.8 Å². The normalized spacial score (nSPS) is 12.4. The molecular weight excluding hydrogens is 244 g/mol. The summed E-state index contributed by atoms with van der Waals surface area (Å²) in [5.74, 6) is -0.952. The third-order valence-corrected chi connectivity index (χ3v) is 3.26. The molecule has 2 aromatic rings. The molecule has 0 aromatic heterocycles. The van der Waals surface area contributed by atoms with Crippen molar-refractivity contribution in [3.05, 3.63) is 71.3 Å². The Morgan fingerprint density at radius 1 is 0.842 bits per heavy atom. The minimum absolute atomic E-state index is 0.0359. The van der Waals surface area contributed by atoms with Crippen molar-refractivity contribution < 1.29 is 8.78 Å². The third-order valence-electron chi connectivity index (χ3n) is 3.26. The number of halogens is 2. The average molecular weight is 261 g/mol. The van der Waals surface area contributed by atoms with Crippen LogP contribution in [-0.4, -0.2) is 6.54 Å². The van der Waals surface area contributed by atoms with E-state index in [1.165, 1.54) is 18.2 Å². The first kappa shape index (κ1) is 13.7. The van der Waals surface area contributed by atoms with Gasteiger partial charge in [-0.15, -0.1) is 0 Å². The van der Waals surface area contributed by atoms with Gasteiger partial charge in [0.15, 0.2) is 0 Å². The number of hydrogen-bond acceptors (Lipinski definition) is 1. The van der Waals surface area contributed by atoms with Crippen LogP contribution in [0.4, 0.5) is 8.78 Å². The summed E-state index contributed by atoms with van der Waals surface area (Å²) in [6.07, 6.45) is 1.05. The second kappa shape index (κ2) is 6.43. The molecule has 0 aliphatic rings. The van der Waals surface area contributed by atoms with Crippen LogP contribution in [0.1, 0.15) is 11.1 Å². The highest BCUT2D eigenvalue weighted by atomic mass is 19.1. The molecule has 19 heavy (non-hydrogen) atoms.